The number of aromatic nitrogens is 1. The average Bonchev–Trinajstić information content (AvgIpc) is 2.69. The lowest BCUT2D eigenvalue weighted by Crippen LogP contribution is -2.12. The standard InChI is InChI=1S/C24H35NO4/c1-2-3-4-5-6-7-10-23(27)19-13-12-18-14-15-20(25-22(18)16-19)17-21(26)9-8-11-24(28)29/h12-16,21,23,26-27H,2-11,17H2,1H3,(H,28,29). The number of rotatable bonds is 14. The summed E-state index contributed by atoms with van der Waals surface area (Å²) in [6, 6.07) is 9.76. The Morgan fingerprint density at radius 3 is 2.45 bits per heavy atom. The van der Waals surface area contributed by atoms with Crippen molar-refractivity contribution in [2.24, 2.45) is 0 Å². The third kappa shape index (κ3) is 8.50. The second-order valence-corrected chi connectivity index (χ2v) is 7.97. The molecule has 160 valence electrons. The molecule has 2 rings (SSSR count). The van der Waals surface area contributed by atoms with Gasteiger partial charge in [-0.2, -0.15) is 0 Å². The number of carbonyl (C=O) groups is 1. The van der Waals surface area contributed by atoms with Crippen molar-refractivity contribution < 1.29 is 20.1 Å². The van der Waals surface area contributed by atoms with Gasteiger partial charge in [-0.1, -0.05) is 63.6 Å². The highest BCUT2D eigenvalue weighted by molar-refractivity contribution is 5.79. The Labute approximate surface area is 173 Å². The molecule has 2 aromatic rings. The van der Waals surface area contributed by atoms with Crippen LogP contribution in [0.2, 0.25) is 0 Å². The van der Waals surface area contributed by atoms with Gasteiger partial charge in [-0.15, -0.1) is 0 Å². The highest BCUT2D eigenvalue weighted by Crippen LogP contribution is 2.24. The molecule has 0 radical (unpaired) electrons. The van der Waals surface area contributed by atoms with Gasteiger partial charge in [0.1, 0.15) is 0 Å². The molecule has 0 fully saturated rings. The molecular formula is C24H35NO4. The lowest BCUT2D eigenvalue weighted by molar-refractivity contribution is -0.137. The predicted octanol–water partition coefficient (Wildman–Crippen LogP) is 5.18. The second kappa shape index (κ2) is 12.6. The molecule has 0 bridgehead atoms. The van der Waals surface area contributed by atoms with E-state index in [9.17, 15) is 15.0 Å². The Morgan fingerprint density at radius 1 is 0.966 bits per heavy atom. The third-order valence-electron chi connectivity index (χ3n) is 5.36. The first kappa shape index (κ1) is 23.3. The zero-order valence-corrected chi connectivity index (χ0v) is 17.5. The van der Waals surface area contributed by atoms with E-state index in [1.807, 2.05) is 30.3 Å². The summed E-state index contributed by atoms with van der Waals surface area (Å²) in [5, 5.41) is 30.4. The molecule has 0 aliphatic rings. The summed E-state index contributed by atoms with van der Waals surface area (Å²) >= 11 is 0. The minimum Gasteiger partial charge on any atom is -0.481 e. The SMILES string of the molecule is CCCCCCCCC(O)c1ccc2ccc(CC(O)CCCC(=O)O)nc2c1. The van der Waals surface area contributed by atoms with Crippen LogP contribution in [0.1, 0.15) is 88.5 Å². The van der Waals surface area contributed by atoms with Crippen LogP contribution in [0.15, 0.2) is 30.3 Å². The molecule has 5 nitrogen and oxygen atoms in total. The minimum atomic E-state index is -0.840. The van der Waals surface area contributed by atoms with Crippen molar-refractivity contribution in [2.75, 3.05) is 0 Å². The van der Waals surface area contributed by atoms with Gasteiger partial charge in [0.2, 0.25) is 0 Å². The Kier molecular flexibility index (Phi) is 10.1. The number of hydrogen-bond acceptors (Lipinski definition) is 4. The molecule has 2 unspecified atom stereocenters. The molecule has 29 heavy (non-hydrogen) atoms. The number of hydrogen-bond donors (Lipinski definition) is 3. The van der Waals surface area contributed by atoms with E-state index in [4.69, 9.17) is 5.11 Å². The molecule has 3 N–H and O–H groups in total. The fraction of sp³-hybridized carbons (Fsp3) is 0.583. The van der Waals surface area contributed by atoms with E-state index in [-0.39, 0.29) is 6.42 Å². The summed E-state index contributed by atoms with van der Waals surface area (Å²) < 4.78 is 0. The van der Waals surface area contributed by atoms with Gasteiger partial charge in [-0.05, 0) is 37.0 Å². The van der Waals surface area contributed by atoms with E-state index >= 15 is 0 Å². The number of carboxylic acids is 1. The monoisotopic (exact) mass is 401 g/mol. The summed E-state index contributed by atoms with van der Waals surface area (Å²) in [5.74, 6) is -0.840. The lowest BCUT2D eigenvalue weighted by atomic mass is 10.00. The molecule has 0 saturated carbocycles. The number of carboxylic acid groups (broad SMARTS) is 1. The highest BCUT2D eigenvalue weighted by atomic mass is 16.4. The molecular weight excluding hydrogens is 366 g/mol. The molecule has 0 saturated heterocycles. The van der Waals surface area contributed by atoms with Crippen LogP contribution in [-0.4, -0.2) is 32.4 Å². The number of aliphatic hydroxyl groups is 2. The van der Waals surface area contributed by atoms with Crippen LogP contribution in [0.25, 0.3) is 10.9 Å². The minimum absolute atomic E-state index is 0.0715. The van der Waals surface area contributed by atoms with Gasteiger partial charge in [-0.3, -0.25) is 9.78 Å². The maximum Gasteiger partial charge on any atom is 0.303 e. The summed E-state index contributed by atoms with van der Waals surface area (Å²) in [4.78, 5) is 15.2. The highest BCUT2D eigenvalue weighted by Gasteiger charge is 2.11. The van der Waals surface area contributed by atoms with E-state index in [0.29, 0.717) is 19.3 Å². The quantitative estimate of drug-likeness (QED) is 0.380. The summed E-state index contributed by atoms with van der Waals surface area (Å²) in [7, 11) is 0. The third-order valence-corrected chi connectivity index (χ3v) is 5.36. The van der Waals surface area contributed by atoms with Crippen LogP contribution in [0, 0.1) is 0 Å². The molecule has 0 amide bonds. The number of aliphatic hydroxyl groups excluding tert-OH is 2. The van der Waals surface area contributed by atoms with Crippen LogP contribution in [0.5, 0.6) is 0 Å². The fourth-order valence-electron chi connectivity index (χ4n) is 3.61. The van der Waals surface area contributed by atoms with Crippen molar-refractivity contribution in [2.45, 2.75) is 89.8 Å². The normalized spacial score (nSPS) is 13.5. The molecule has 5 heteroatoms. The van der Waals surface area contributed by atoms with Gasteiger partial charge < -0.3 is 15.3 Å². The zero-order valence-electron chi connectivity index (χ0n) is 17.5. The maximum absolute atomic E-state index is 10.6. The van der Waals surface area contributed by atoms with Crippen molar-refractivity contribution in [3.8, 4) is 0 Å². The first-order valence-corrected chi connectivity index (χ1v) is 11.0. The van der Waals surface area contributed by atoms with E-state index in [2.05, 4.69) is 11.9 Å². The number of nitrogens with zero attached hydrogens (tertiary/aromatic N) is 1. The van der Waals surface area contributed by atoms with Crippen LogP contribution < -0.4 is 0 Å². The zero-order chi connectivity index (χ0) is 21.1. The summed E-state index contributed by atoms with van der Waals surface area (Å²) in [5.41, 5.74) is 2.49. The van der Waals surface area contributed by atoms with Gasteiger partial charge in [0, 0.05) is 23.9 Å². The van der Waals surface area contributed by atoms with E-state index < -0.39 is 18.2 Å². The van der Waals surface area contributed by atoms with Crippen molar-refractivity contribution >= 4 is 16.9 Å². The molecule has 2 atom stereocenters. The first-order valence-electron chi connectivity index (χ1n) is 11.0. The summed E-state index contributed by atoms with van der Waals surface area (Å²) in [6.45, 7) is 2.21. The Hall–Kier alpha value is -1.98. The van der Waals surface area contributed by atoms with Gasteiger partial charge in [0.25, 0.3) is 0 Å². The van der Waals surface area contributed by atoms with Gasteiger partial charge >= 0.3 is 5.97 Å². The van der Waals surface area contributed by atoms with Gasteiger partial charge in [-0.25, -0.2) is 0 Å². The number of fused-ring (bicyclic) bond motifs is 1. The van der Waals surface area contributed by atoms with E-state index in [0.717, 1.165) is 41.4 Å². The van der Waals surface area contributed by atoms with Crippen molar-refractivity contribution in [3.63, 3.8) is 0 Å². The van der Waals surface area contributed by atoms with Gasteiger partial charge in [0.05, 0.1) is 17.7 Å². The van der Waals surface area contributed by atoms with Crippen LogP contribution in [-0.2, 0) is 11.2 Å². The maximum atomic E-state index is 10.6. The van der Waals surface area contributed by atoms with E-state index in [1.165, 1.54) is 25.7 Å². The number of unbranched alkanes of at least 4 members (excludes halogenated alkanes) is 5. The first-order chi connectivity index (χ1) is 14.0. The van der Waals surface area contributed by atoms with Crippen molar-refractivity contribution in [1.29, 1.82) is 0 Å². The Bertz CT molecular complexity index is 762. The average molecular weight is 402 g/mol. The molecule has 1 heterocycles. The van der Waals surface area contributed by atoms with Gasteiger partial charge in [0.15, 0.2) is 0 Å². The molecule has 0 aliphatic heterocycles. The predicted molar refractivity (Wildman–Crippen MR) is 116 cm³/mol. The largest absolute Gasteiger partial charge is 0.481 e. The van der Waals surface area contributed by atoms with Crippen LogP contribution in [0.4, 0.5) is 0 Å². The molecule has 0 aliphatic carbocycles. The molecule has 1 aromatic carbocycles. The number of benzene rings is 1. The number of aliphatic carboxylic acids is 1. The Morgan fingerprint density at radius 2 is 1.69 bits per heavy atom. The second-order valence-electron chi connectivity index (χ2n) is 7.97. The fourth-order valence-corrected chi connectivity index (χ4v) is 3.61. The Balaban J connectivity index is 1.91. The van der Waals surface area contributed by atoms with E-state index in [1.54, 1.807) is 0 Å². The lowest BCUT2D eigenvalue weighted by Gasteiger charge is -2.13. The number of pyridine rings is 1. The smallest absolute Gasteiger partial charge is 0.303 e. The topological polar surface area (TPSA) is 90.7 Å². The summed E-state index contributed by atoms with van der Waals surface area (Å²) in [6.07, 6.45) is 8.30. The van der Waals surface area contributed by atoms with Crippen LogP contribution in [0.3, 0.4) is 0 Å². The van der Waals surface area contributed by atoms with Crippen molar-refractivity contribution in [3.05, 3.63) is 41.6 Å². The molecule has 0 spiro atoms. The van der Waals surface area contributed by atoms with Crippen LogP contribution >= 0.6 is 0 Å². The molecule has 1 aromatic heterocycles. The van der Waals surface area contributed by atoms with Crippen molar-refractivity contribution in [1.82, 2.24) is 4.98 Å².